The Morgan fingerprint density at radius 3 is 2.62 bits per heavy atom. The van der Waals surface area contributed by atoms with E-state index in [1.54, 1.807) is 4.90 Å². The summed E-state index contributed by atoms with van der Waals surface area (Å²) in [6.45, 7) is 7.04. The molecule has 0 aliphatic carbocycles. The van der Waals surface area contributed by atoms with Crippen LogP contribution < -0.4 is 5.76 Å². The topological polar surface area (TPSA) is 88.4 Å². The van der Waals surface area contributed by atoms with Gasteiger partial charge in [-0.2, -0.15) is 0 Å². The lowest BCUT2D eigenvalue weighted by Crippen LogP contribution is -2.41. The molecule has 1 aliphatic rings. The van der Waals surface area contributed by atoms with Crippen molar-refractivity contribution in [2.75, 3.05) is 13.1 Å². The van der Waals surface area contributed by atoms with Gasteiger partial charge in [0.15, 0.2) is 0 Å². The van der Waals surface area contributed by atoms with Gasteiger partial charge in [0, 0.05) is 19.5 Å². The number of aromatic amines is 1. The van der Waals surface area contributed by atoms with E-state index in [2.05, 4.69) is 10.2 Å². The summed E-state index contributed by atoms with van der Waals surface area (Å²) >= 11 is 0. The molecule has 0 saturated carbocycles. The Bertz CT molecular complexity index is 521. The molecule has 1 fully saturated rings. The molecule has 1 N–H and O–H groups in total. The maximum absolute atomic E-state index is 11.9. The molecule has 1 saturated heterocycles. The van der Waals surface area contributed by atoms with Crippen molar-refractivity contribution in [3.8, 4) is 0 Å². The van der Waals surface area contributed by atoms with E-state index in [1.807, 2.05) is 20.8 Å². The summed E-state index contributed by atoms with van der Waals surface area (Å²) in [5.41, 5.74) is -0.453. The van der Waals surface area contributed by atoms with Crippen LogP contribution in [0.25, 0.3) is 0 Å². The normalized spacial score (nSPS) is 17.0. The molecule has 7 heteroatoms. The van der Waals surface area contributed by atoms with Gasteiger partial charge in [-0.3, -0.25) is 0 Å². The Balaban J connectivity index is 1.73. The number of nitrogens with zero attached hydrogens (tertiary/aromatic N) is 2. The fourth-order valence-electron chi connectivity index (χ4n) is 2.43. The lowest BCUT2D eigenvalue weighted by molar-refractivity contribution is 0.0180. The third kappa shape index (κ3) is 4.91. The zero-order valence-electron chi connectivity index (χ0n) is 12.8. The number of ether oxygens (including phenoxy) is 1. The van der Waals surface area contributed by atoms with Crippen LogP contribution in [-0.2, 0) is 11.2 Å². The first-order valence-electron chi connectivity index (χ1n) is 7.36. The summed E-state index contributed by atoms with van der Waals surface area (Å²) in [4.78, 5) is 24.5. The second kappa shape index (κ2) is 6.32. The van der Waals surface area contributed by atoms with Crippen molar-refractivity contribution in [3.05, 3.63) is 16.4 Å². The number of H-pyrrole nitrogens is 1. The second-order valence-corrected chi connectivity index (χ2v) is 6.46. The van der Waals surface area contributed by atoms with Crippen LogP contribution in [0.5, 0.6) is 0 Å². The predicted molar refractivity (Wildman–Crippen MR) is 76.0 cm³/mol. The maximum Gasteiger partial charge on any atom is 0.434 e. The number of hydrogen-bond acceptors (Lipinski definition) is 5. The van der Waals surface area contributed by atoms with Crippen molar-refractivity contribution in [2.45, 2.75) is 52.1 Å². The summed E-state index contributed by atoms with van der Waals surface area (Å²) in [7, 11) is 0. The Morgan fingerprint density at radius 1 is 1.43 bits per heavy atom. The summed E-state index contributed by atoms with van der Waals surface area (Å²) in [6.07, 6.45) is 3.20. The van der Waals surface area contributed by atoms with E-state index in [0.717, 1.165) is 19.3 Å². The molecule has 21 heavy (non-hydrogen) atoms. The number of hydrogen-bond donors (Lipinski definition) is 1. The zero-order valence-corrected chi connectivity index (χ0v) is 12.8. The van der Waals surface area contributed by atoms with Gasteiger partial charge in [0.2, 0.25) is 5.89 Å². The number of aryl methyl sites for hydroxylation is 1. The monoisotopic (exact) mass is 297 g/mol. The summed E-state index contributed by atoms with van der Waals surface area (Å²) in [5, 5.41) is 6.05. The van der Waals surface area contributed by atoms with Crippen molar-refractivity contribution in [1.82, 2.24) is 15.1 Å². The summed E-state index contributed by atoms with van der Waals surface area (Å²) in [5.74, 6) is 0.463. The maximum atomic E-state index is 11.9. The van der Waals surface area contributed by atoms with Crippen LogP contribution in [0, 0.1) is 5.92 Å². The van der Waals surface area contributed by atoms with Gasteiger partial charge in [-0.05, 0) is 46.0 Å². The number of carbonyl (C=O) groups is 1. The first-order chi connectivity index (χ1) is 9.83. The molecule has 1 aromatic rings. The number of nitrogens with one attached hydrogen (secondary N) is 1. The van der Waals surface area contributed by atoms with E-state index >= 15 is 0 Å². The highest BCUT2D eigenvalue weighted by Crippen LogP contribution is 2.23. The quantitative estimate of drug-likeness (QED) is 0.921. The van der Waals surface area contributed by atoms with E-state index in [4.69, 9.17) is 9.15 Å². The molecule has 2 heterocycles. The van der Waals surface area contributed by atoms with Gasteiger partial charge < -0.3 is 14.1 Å². The van der Waals surface area contributed by atoms with Gasteiger partial charge >= 0.3 is 11.8 Å². The highest BCUT2D eigenvalue weighted by atomic mass is 16.6. The fraction of sp³-hybridized carbons (Fsp3) is 0.786. The molecule has 1 aliphatic heterocycles. The van der Waals surface area contributed by atoms with Crippen LogP contribution in [-0.4, -0.2) is 39.9 Å². The Kier molecular flexibility index (Phi) is 4.69. The number of rotatable bonds is 3. The van der Waals surface area contributed by atoms with E-state index in [1.165, 1.54) is 0 Å². The van der Waals surface area contributed by atoms with Crippen molar-refractivity contribution in [3.63, 3.8) is 0 Å². The summed E-state index contributed by atoms with van der Waals surface area (Å²) < 4.78 is 10.2. The van der Waals surface area contributed by atoms with Crippen LogP contribution >= 0.6 is 0 Å². The van der Waals surface area contributed by atoms with Gasteiger partial charge in [-0.25, -0.2) is 14.7 Å². The van der Waals surface area contributed by atoms with Gasteiger partial charge in [0.1, 0.15) is 5.60 Å². The predicted octanol–water partition coefficient (Wildman–Crippen LogP) is 1.94. The lowest BCUT2D eigenvalue weighted by atomic mass is 9.92. The molecule has 0 radical (unpaired) electrons. The summed E-state index contributed by atoms with van der Waals surface area (Å²) in [6, 6.07) is 0. The molecule has 118 valence electrons. The first-order valence-corrected chi connectivity index (χ1v) is 7.36. The molecule has 0 atom stereocenters. The molecule has 1 amide bonds. The minimum atomic E-state index is -0.509. The number of amides is 1. The van der Waals surface area contributed by atoms with E-state index < -0.39 is 11.4 Å². The van der Waals surface area contributed by atoms with Crippen LogP contribution in [0.15, 0.2) is 9.21 Å². The van der Waals surface area contributed by atoms with E-state index in [-0.39, 0.29) is 6.09 Å². The third-order valence-electron chi connectivity index (χ3n) is 3.52. The van der Waals surface area contributed by atoms with Gasteiger partial charge in [0.25, 0.3) is 0 Å². The smallest absolute Gasteiger partial charge is 0.434 e. The van der Waals surface area contributed by atoms with Gasteiger partial charge in [-0.15, -0.1) is 5.10 Å². The van der Waals surface area contributed by atoms with Crippen LogP contribution in [0.3, 0.4) is 0 Å². The standard InChI is InChI=1S/C14H23N3O4/c1-14(2,3)21-13(19)17-8-6-10(7-9-17)4-5-11-15-16-12(18)20-11/h10H,4-9H2,1-3H3,(H,16,18). The lowest BCUT2D eigenvalue weighted by Gasteiger charge is -2.33. The highest BCUT2D eigenvalue weighted by molar-refractivity contribution is 5.68. The number of aromatic nitrogens is 2. The molecule has 7 nitrogen and oxygen atoms in total. The Labute approximate surface area is 123 Å². The number of likely N-dealkylation sites (tertiary alicyclic amines) is 1. The van der Waals surface area contributed by atoms with Crippen LogP contribution in [0.1, 0.15) is 45.9 Å². The molecular weight excluding hydrogens is 274 g/mol. The molecule has 0 bridgehead atoms. The van der Waals surface area contributed by atoms with Gasteiger partial charge in [-0.1, -0.05) is 0 Å². The average molecular weight is 297 g/mol. The van der Waals surface area contributed by atoms with Crippen molar-refractivity contribution >= 4 is 6.09 Å². The van der Waals surface area contributed by atoms with Crippen molar-refractivity contribution in [1.29, 1.82) is 0 Å². The fourth-order valence-corrected chi connectivity index (χ4v) is 2.43. The molecule has 1 aromatic heterocycles. The van der Waals surface area contributed by atoms with Crippen LogP contribution in [0.4, 0.5) is 4.79 Å². The molecule has 0 spiro atoms. The van der Waals surface area contributed by atoms with Crippen molar-refractivity contribution in [2.24, 2.45) is 5.92 Å². The molecule has 0 aromatic carbocycles. The Hall–Kier alpha value is -1.79. The number of piperidine rings is 1. The SMILES string of the molecule is CC(C)(C)OC(=O)N1CCC(CCc2n[nH]c(=O)o2)CC1. The van der Waals surface area contributed by atoms with Gasteiger partial charge in [0.05, 0.1) is 0 Å². The average Bonchev–Trinajstić information content (AvgIpc) is 2.81. The molecule has 0 unspecified atom stereocenters. The third-order valence-corrected chi connectivity index (χ3v) is 3.52. The van der Waals surface area contributed by atoms with Crippen molar-refractivity contribution < 1.29 is 13.9 Å². The van der Waals surface area contributed by atoms with Crippen LogP contribution in [0.2, 0.25) is 0 Å². The zero-order chi connectivity index (χ0) is 15.5. The second-order valence-electron chi connectivity index (χ2n) is 6.46. The highest BCUT2D eigenvalue weighted by Gasteiger charge is 2.26. The first kappa shape index (κ1) is 15.6. The van der Waals surface area contributed by atoms with E-state index in [9.17, 15) is 9.59 Å². The molecular formula is C14H23N3O4. The largest absolute Gasteiger partial charge is 0.444 e. The minimum absolute atomic E-state index is 0.237. The van der Waals surface area contributed by atoms with E-state index in [0.29, 0.717) is 31.3 Å². The molecule has 2 rings (SSSR count). The number of carbonyl (C=O) groups excluding carboxylic acids is 1. The minimum Gasteiger partial charge on any atom is -0.444 e. The Morgan fingerprint density at radius 2 is 2.10 bits per heavy atom.